The highest BCUT2D eigenvalue weighted by atomic mass is 19.4. The predicted molar refractivity (Wildman–Crippen MR) is 60.3 cm³/mol. The first kappa shape index (κ1) is 12.6. The maximum Gasteiger partial charge on any atom is 0.434 e. The number of alkyl halides is 3. The summed E-state index contributed by atoms with van der Waals surface area (Å²) in [5.74, 6) is 0.562. The number of hydrogen-bond donors (Lipinski definition) is 0. The lowest BCUT2D eigenvalue weighted by atomic mass is 10.2. The molecule has 0 unspecified atom stereocenters. The van der Waals surface area contributed by atoms with Crippen LogP contribution in [0.25, 0.3) is 11.0 Å². The first-order valence-corrected chi connectivity index (χ1v) is 5.37. The highest BCUT2D eigenvalue weighted by molar-refractivity contribution is 5.75. The van der Waals surface area contributed by atoms with Crippen LogP contribution in [0.3, 0.4) is 0 Å². The van der Waals surface area contributed by atoms with Gasteiger partial charge < -0.3 is 4.74 Å². The van der Waals surface area contributed by atoms with E-state index >= 15 is 0 Å². The van der Waals surface area contributed by atoms with Crippen LogP contribution in [-0.4, -0.2) is 16.1 Å². The molecule has 0 bridgehead atoms. The van der Waals surface area contributed by atoms with Gasteiger partial charge in [0.05, 0.1) is 23.3 Å². The number of nitrogens with zero attached hydrogens (tertiary/aromatic N) is 2. The summed E-state index contributed by atoms with van der Waals surface area (Å²) >= 11 is 0. The van der Waals surface area contributed by atoms with Gasteiger partial charge >= 0.3 is 6.18 Å². The van der Waals surface area contributed by atoms with Crippen LogP contribution < -0.4 is 4.74 Å². The fraction of sp³-hybridized carbons (Fsp3) is 0.333. The van der Waals surface area contributed by atoms with Crippen LogP contribution in [0, 0.1) is 0 Å². The molecule has 0 spiro atoms. The summed E-state index contributed by atoms with van der Waals surface area (Å²) in [6, 6.07) is 4.62. The summed E-state index contributed by atoms with van der Waals surface area (Å²) in [6.07, 6.45) is -3.76. The number of rotatable bonds is 2. The molecule has 0 amide bonds. The Morgan fingerprint density at radius 2 is 1.89 bits per heavy atom. The van der Waals surface area contributed by atoms with Gasteiger partial charge in [-0.3, -0.25) is 4.98 Å². The third-order valence-electron chi connectivity index (χ3n) is 2.18. The Morgan fingerprint density at radius 3 is 2.50 bits per heavy atom. The van der Waals surface area contributed by atoms with Crippen molar-refractivity contribution in [3.8, 4) is 5.75 Å². The molecule has 18 heavy (non-hydrogen) atoms. The van der Waals surface area contributed by atoms with Gasteiger partial charge in [0.25, 0.3) is 0 Å². The van der Waals surface area contributed by atoms with Crippen LogP contribution >= 0.6 is 0 Å². The summed E-state index contributed by atoms with van der Waals surface area (Å²) in [5.41, 5.74) is -0.422. The molecule has 0 radical (unpaired) electrons. The standard InChI is InChI=1S/C12H11F3N2O/c1-7(2)18-8-3-4-9-10(5-8)16-6-11(17-9)12(13,14)15/h3-7H,1-2H3. The molecule has 0 saturated heterocycles. The first-order valence-electron chi connectivity index (χ1n) is 5.37. The summed E-state index contributed by atoms with van der Waals surface area (Å²) in [7, 11) is 0. The van der Waals surface area contributed by atoms with Crippen LogP contribution in [0.15, 0.2) is 24.4 Å². The topological polar surface area (TPSA) is 35.0 Å². The minimum atomic E-state index is -4.48. The molecule has 0 saturated carbocycles. The van der Waals surface area contributed by atoms with E-state index in [1.54, 1.807) is 12.1 Å². The number of halogens is 3. The van der Waals surface area contributed by atoms with Gasteiger partial charge in [0.1, 0.15) is 5.75 Å². The van der Waals surface area contributed by atoms with Gasteiger partial charge in [-0.1, -0.05) is 0 Å². The number of benzene rings is 1. The van der Waals surface area contributed by atoms with Crippen molar-refractivity contribution >= 4 is 11.0 Å². The van der Waals surface area contributed by atoms with Gasteiger partial charge in [-0.2, -0.15) is 13.2 Å². The van der Waals surface area contributed by atoms with Crippen molar-refractivity contribution < 1.29 is 17.9 Å². The van der Waals surface area contributed by atoms with Gasteiger partial charge in [-0.15, -0.1) is 0 Å². The van der Waals surface area contributed by atoms with Crippen molar-refractivity contribution in [2.45, 2.75) is 26.1 Å². The molecule has 0 aliphatic heterocycles. The molecule has 6 heteroatoms. The Balaban J connectivity index is 2.42. The molecular weight excluding hydrogens is 245 g/mol. The van der Waals surface area contributed by atoms with E-state index in [0.29, 0.717) is 11.3 Å². The summed E-state index contributed by atoms with van der Waals surface area (Å²) in [5, 5.41) is 0. The fourth-order valence-electron chi connectivity index (χ4n) is 1.47. The van der Waals surface area contributed by atoms with Gasteiger partial charge in [-0.25, -0.2) is 4.98 Å². The van der Waals surface area contributed by atoms with E-state index in [0.717, 1.165) is 6.20 Å². The average molecular weight is 256 g/mol. The minimum Gasteiger partial charge on any atom is -0.491 e. The molecule has 0 aliphatic rings. The van der Waals surface area contributed by atoms with Gasteiger partial charge in [-0.05, 0) is 26.0 Å². The van der Waals surface area contributed by atoms with E-state index in [4.69, 9.17) is 4.74 Å². The normalized spacial score (nSPS) is 12.1. The van der Waals surface area contributed by atoms with E-state index in [9.17, 15) is 13.2 Å². The number of fused-ring (bicyclic) bond motifs is 1. The highest BCUT2D eigenvalue weighted by Gasteiger charge is 2.33. The number of hydrogen-bond acceptors (Lipinski definition) is 3. The summed E-state index contributed by atoms with van der Waals surface area (Å²) in [4.78, 5) is 7.28. The molecular formula is C12H11F3N2O. The van der Waals surface area contributed by atoms with Crippen molar-refractivity contribution in [3.63, 3.8) is 0 Å². The maximum atomic E-state index is 12.4. The Hall–Kier alpha value is -1.85. The van der Waals surface area contributed by atoms with E-state index in [1.165, 1.54) is 6.07 Å². The molecule has 0 atom stereocenters. The Morgan fingerprint density at radius 1 is 1.17 bits per heavy atom. The zero-order valence-electron chi connectivity index (χ0n) is 9.82. The fourth-order valence-corrected chi connectivity index (χ4v) is 1.47. The monoisotopic (exact) mass is 256 g/mol. The van der Waals surface area contributed by atoms with E-state index in [1.807, 2.05) is 13.8 Å². The molecule has 0 aliphatic carbocycles. The second kappa shape index (κ2) is 4.44. The van der Waals surface area contributed by atoms with Crippen LogP contribution in [0.4, 0.5) is 13.2 Å². The number of ether oxygens (including phenoxy) is 1. The van der Waals surface area contributed by atoms with Gasteiger partial charge in [0, 0.05) is 6.07 Å². The molecule has 2 rings (SSSR count). The van der Waals surface area contributed by atoms with Crippen molar-refractivity contribution in [3.05, 3.63) is 30.1 Å². The van der Waals surface area contributed by atoms with Crippen LogP contribution in [0.2, 0.25) is 0 Å². The predicted octanol–water partition coefficient (Wildman–Crippen LogP) is 3.44. The van der Waals surface area contributed by atoms with Crippen molar-refractivity contribution in [2.75, 3.05) is 0 Å². The molecule has 1 heterocycles. The summed E-state index contributed by atoms with van der Waals surface area (Å²) in [6.45, 7) is 3.73. The van der Waals surface area contributed by atoms with Crippen molar-refractivity contribution in [1.82, 2.24) is 9.97 Å². The summed E-state index contributed by atoms with van der Waals surface area (Å²) < 4.78 is 42.7. The molecule has 0 N–H and O–H groups in total. The Labute approximate surface area is 102 Å². The Bertz CT molecular complexity index is 567. The lowest BCUT2D eigenvalue weighted by molar-refractivity contribution is -0.141. The minimum absolute atomic E-state index is 0.00939. The smallest absolute Gasteiger partial charge is 0.434 e. The van der Waals surface area contributed by atoms with E-state index < -0.39 is 11.9 Å². The highest BCUT2D eigenvalue weighted by Crippen LogP contribution is 2.28. The third-order valence-corrected chi connectivity index (χ3v) is 2.18. The average Bonchev–Trinajstić information content (AvgIpc) is 2.26. The van der Waals surface area contributed by atoms with Gasteiger partial charge in [0.15, 0.2) is 5.69 Å². The van der Waals surface area contributed by atoms with Gasteiger partial charge in [0.2, 0.25) is 0 Å². The molecule has 3 nitrogen and oxygen atoms in total. The zero-order chi connectivity index (χ0) is 13.3. The molecule has 96 valence electrons. The SMILES string of the molecule is CC(C)Oc1ccc2nc(C(F)(F)F)cnc2c1. The molecule has 2 aromatic rings. The second-order valence-corrected chi connectivity index (χ2v) is 4.07. The third kappa shape index (κ3) is 2.69. The van der Waals surface area contributed by atoms with Crippen LogP contribution in [0.1, 0.15) is 19.5 Å². The van der Waals surface area contributed by atoms with E-state index in [2.05, 4.69) is 9.97 Å². The second-order valence-electron chi connectivity index (χ2n) is 4.07. The maximum absolute atomic E-state index is 12.4. The Kier molecular flexibility index (Phi) is 3.11. The van der Waals surface area contributed by atoms with Crippen molar-refractivity contribution in [1.29, 1.82) is 0 Å². The molecule has 0 fully saturated rings. The largest absolute Gasteiger partial charge is 0.491 e. The number of aromatic nitrogens is 2. The van der Waals surface area contributed by atoms with Crippen LogP contribution in [-0.2, 0) is 6.18 Å². The lowest BCUT2D eigenvalue weighted by Gasteiger charge is -2.10. The lowest BCUT2D eigenvalue weighted by Crippen LogP contribution is -2.09. The molecule has 1 aromatic carbocycles. The molecule has 1 aromatic heterocycles. The van der Waals surface area contributed by atoms with Crippen LogP contribution in [0.5, 0.6) is 5.75 Å². The quantitative estimate of drug-likeness (QED) is 0.825. The zero-order valence-corrected chi connectivity index (χ0v) is 9.82. The van der Waals surface area contributed by atoms with E-state index in [-0.39, 0.29) is 11.6 Å². The first-order chi connectivity index (χ1) is 8.36. The van der Waals surface area contributed by atoms with Crippen molar-refractivity contribution in [2.24, 2.45) is 0 Å².